The standard InChI is InChI=1S/C20H20O7/c1-7-11-12-9(6-10(26-5)15(22)13(12)16(23)14(7)21)17(24)20(25)18(11)27-8(2)19(20,3)4/h6,8,21-22,25H,1-5H3/t8-,20+/m1/s1. The minimum atomic E-state index is -1.98. The number of aliphatic hydroxyl groups is 2. The van der Waals surface area contributed by atoms with Gasteiger partial charge in [0.1, 0.15) is 11.9 Å². The van der Waals surface area contributed by atoms with Gasteiger partial charge < -0.3 is 24.8 Å². The van der Waals surface area contributed by atoms with Crippen LogP contribution in [0.25, 0.3) is 5.57 Å². The molecule has 7 nitrogen and oxygen atoms in total. The zero-order valence-electron chi connectivity index (χ0n) is 15.6. The first-order valence-corrected chi connectivity index (χ1v) is 8.57. The molecule has 142 valence electrons. The van der Waals surface area contributed by atoms with E-state index in [1.807, 2.05) is 0 Å². The second-order valence-corrected chi connectivity index (χ2v) is 7.75. The van der Waals surface area contributed by atoms with Gasteiger partial charge in [-0.25, -0.2) is 0 Å². The molecule has 1 aliphatic heterocycles. The zero-order valence-corrected chi connectivity index (χ0v) is 15.6. The maximum atomic E-state index is 13.4. The van der Waals surface area contributed by atoms with Gasteiger partial charge in [-0.15, -0.1) is 0 Å². The van der Waals surface area contributed by atoms with E-state index in [9.17, 15) is 24.9 Å². The Morgan fingerprint density at radius 3 is 2.41 bits per heavy atom. The molecule has 4 rings (SSSR count). The molecule has 7 heteroatoms. The van der Waals surface area contributed by atoms with Crippen LogP contribution >= 0.6 is 0 Å². The average Bonchev–Trinajstić information content (AvgIpc) is 2.80. The van der Waals surface area contributed by atoms with E-state index in [1.165, 1.54) is 20.1 Å². The van der Waals surface area contributed by atoms with Crippen LogP contribution in [0.5, 0.6) is 11.5 Å². The Bertz CT molecular complexity index is 1010. The van der Waals surface area contributed by atoms with Gasteiger partial charge >= 0.3 is 0 Å². The Morgan fingerprint density at radius 2 is 1.81 bits per heavy atom. The molecule has 0 aromatic heterocycles. The van der Waals surface area contributed by atoms with Crippen molar-refractivity contribution in [2.24, 2.45) is 5.41 Å². The molecule has 0 unspecified atom stereocenters. The van der Waals surface area contributed by atoms with Crippen molar-refractivity contribution in [3.05, 3.63) is 39.8 Å². The lowest BCUT2D eigenvalue weighted by Crippen LogP contribution is -2.53. The van der Waals surface area contributed by atoms with Gasteiger partial charge in [-0.2, -0.15) is 0 Å². The van der Waals surface area contributed by atoms with Gasteiger partial charge in [-0.1, -0.05) is 13.8 Å². The summed E-state index contributed by atoms with van der Waals surface area (Å²) >= 11 is 0. The number of hydrogen-bond donors (Lipinski definition) is 3. The number of ether oxygens (including phenoxy) is 2. The highest BCUT2D eigenvalue weighted by Crippen LogP contribution is 2.59. The van der Waals surface area contributed by atoms with Gasteiger partial charge in [-0.05, 0) is 19.9 Å². The van der Waals surface area contributed by atoms with Crippen molar-refractivity contribution in [2.45, 2.75) is 39.4 Å². The molecule has 0 bridgehead atoms. The van der Waals surface area contributed by atoms with E-state index in [0.717, 1.165) is 0 Å². The van der Waals surface area contributed by atoms with Crippen LogP contribution in [-0.2, 0) is 4.74 Å². The molecule has 1 saturated heterocycles. The molecule has 1 aromatic carbocycles. The van der Waals surface area contributed by atoms with E-state index in [4.69, 9.17) is 9.47 Å². The van der Waals surface area contributed by atoms with Crippen LogP contribution in [0, 0.1) is 5.41 Å². The van der Waals surface area contributed by atoms with Crippen molar-refractivity contribution >= 4 is 17.1 Å². The Labute approximate surface area is 155 Å². The number of carbonyl (C=O) groups is 2. The number of Topliss-reactive ketones (excluding diaryl/α,β-unsaturated/α-hetero) is 2. The number of benzene rings is 1. The molecule has 2 atom stereocenters. The summed E-state index contributed by atoms with van der Waals surface area (Å²) in [5.41, 5.74) is -2.53. The highest BCUT2D eigenvalue weighted by atomic mass is 16.5. The summed E-state index contributed by atoms with van der Waals surface area (Å²) in [6, 6.07) is 1.31. The third kappa shape index (κ3) is 1.71. The van der Waals surface area contributed by atoms with Crippen LogP contribution in [-0.4, -0.2) is 45.7 Å². The molecule has 3 aliphatic rings. The molecular weight excluding hydrogens is 352 g/mol. The van der Waals surface area contributed by atoms with Gasteiger partial charge in [0.05, 0.1) is 12.7 Å². The molecule has 0 spiro atoms. The van der Waals surface area contributed by atoms with Crippen molar-refractivity contribution < 1.29 is 34.4 Å². The van der Waals surface area contributed by atoms with Crippen LogP contribution in [0.4, 0.5) is 0 Å². The maximum absolute atomic E-state index is 13.4. The van der Waals surface area contributed by atoms with Crippen molar-refractivity contribution in [3.63, 3.8) is 0 Å². The highest BCUT2D eigenvalue weighted by molar-refractivity contribution is 6.24. The van der Waals surface area contributed by atoms with E-state index < -0.39 is 40.2 Å². The van der Waals surface area contributed by atoms with E-state index in [0.29, 0.717) is 0 Å². The number of carbonyl (C=O) groups excluding carboxylic acids is 2. The smallest absolute Gasteiger partial charge is 0.232 e. The van der Waals surface area contributed by atoms with Gasteiger partial charge in [0.2, 0.25) is 11.6 Å². The third-order valence-electron chi connectivity index (χ3n) is 6.28. The molecule has 1 fully saturated rings. The van der Waals surface area contributed by atoms with Gasteiger partial charge in [0.15, 0.2) is 22.9 Å². The predicted molar refractivity (Wildman–Crippen MR) is 94.8 cm³/mol. The van der Waals surface area contributed by atoms with Crippen LogP contribution in [0.15, 0.2) is 23.2 Å². The summed E-state index contributed by atoms with van der Waals surface area (Å²) in [6.07, 6.45) is -0.505. The Morgan fingerprint density at radius 1 is 1.19 bits per heavy atom. The first-order valence-electron chi connectivity index (χ1n) is 8.57. The number of allylic oxidation sites excluding steroid dienone is 3. The van der Waals surface area contributed by atoms with Crippen LogP contribution < -0.4 is 4.74 Å². The monoisotopic (exact) mass is 372 g/mol. The number of rotatable bonds is 1. The quantitative estimate of drug-likeness (QED) is 0.694. The fourth-order valence-corrected chi connectivity index (χ4v) is 4.17. The predicted octanol–water partition coefficient (Wildman–Crippen LogP) is 2.51. The van der Waals surface area contributed by atoms with Crippen LogP contribution in [0.3, 0.4) is 0 Å². The first kappa shape index (κ1) is 17.6. The van der Waals surface area contributed by atoms with E-state index in [-0.39, 0.29) is 39.3 Å². The summed E-state index contributed by atoms with van der Waals surface area (Å²) in [5, 5.41) is 32.4. The summed E-state index contributed by atoms with van der Waals surface area (Å²) in [6.45, 7) is 6.70. The number of aromatic hydroxyl groups is 1. The second-order valence-electron chi connectivity index (χ2n) is 7.75. The first-order chi connectivity index (χ1) is 12.5. The third-order valence-corrected chi connectivity index (χ3v) is 6.28. The molecule has 27 heavy (non-hydrogen) atoms. The van der Waals surface area contributed by atoms with E-state index >= 15 is 0 Å². The Balaban J connectivity index is 2.23. The zero-order chi connectivity index (χ0) is 20.0. The van der Waals surface area contributed by atoms with E-state index in [1.54, 1.807) is 20.8 Å². The summed E-state index contributed by atoms with van der Waals surface area (Å²) in [4.78, 5) is 26.1. The van der Waals surface area contributed by atoms with Crippen molar-refractivity contribution in [3.8, 4) is 11.5 Å². The molecule has 3 N–H and O–H groups in total. The van der Waals surface area contributed by atoms with Crippen LogP contribution in [0.2, 0.25) is 0 Å². The SMILES string of the molecule is COc1cc2c3c(c1O)C(=O)C(O)=C(C)C3=C1O[C@H](C)C(C)(C)[C@]1(O)C2=O. The fraction of sp³-hybridized carbons (Fsp3) is 0.400. The summed E-state index contributed by atoms with van der Waals surface area (Å²) < 4.78 is 11.0. The molecule has 2 aliphatic carbocycles. The molecule has 0 radical (unpaired) electrons. The number of aliphatic hydroxyl groups excluding tert-OH is 1. The maximum Gasteiger partial charge on any atom is 0.232 e. The summed E-state index contributed by atoms with van der Waals surface area (Å²) in [5.74, 6) is -2.58. The lowest BCUT2D eigenvalue weighted by molar-refractivity contribution is -0.00651. The molecular formula is C20H20O7. The van der Waals surface area contributed by atoms with Gasteiger partial charge in [0, 0.05) is 27.7 Å². The molecule has 1 aromatic rings. The largest absolute Gasteiger partial charge is 0.504 e. The number of hydrogen-bond acceptors (Lipinski definition) is 7. The van der Waals surface area contributed by atoms with Gasteiger partial charge in [0.25, 0.3) is 0 Å². The summed E-state index contributed by atoms with van der Waals surface area (Å²) in [7, 11) is 1.29. The van der Waals surface area contributed by atoms with E-state index in [2.05, 4.69) is 0 Å². The topological polar surface area (TPSA) is 113 Å². The van der Waals surface area contributed by atoms with Crippen molar-refractivity contribution in [2.75, 3.05) is 7.11 Å². The second kappa shape index (κ2) is 4.92. The number of fused-ring (bicyclic) bond motifs is 1. The lowest BCUT2D eigenvalue weighted by Gasteiger charge is -2.39. The molecule has 1 heterocycles. The lowest BCUT2D eigenvalue weighted by atomic mass is 9.63. The normalized spacial score (nSPS) is 28.1. The molecule has 0 amide bonds. The number of phenolic OH excluding ortho intramolecular Hbond substituents is 1. The minimum Gasteiger partial charge on any atom is -0.504 e. The highest BCUT2D eigenvalue weighted by Gasteiger charge is 2.66. The Hall–Kier alpha value is -2.80. The van der Waals surface area contributed by atoms with Gasteiger partial charge in [-0.3, -0.25) is 9.59 Å². The number of methoxy groups -OCH3 is 1. The average molecular weight is 372 g/mol. The number of phenols is 1. The Kier molecular flexibility index (Phi) is 3.21. The fourth-order valence-electron chi connectivity index (χ4n) is 4.17. The molecule has 0 saturated carbocycles. The van der Waals surface area contributed by atoms with Crippen LogP contribution in [0.1, 0.15) is 54.0 Å². The van der Waals surface area contributed by atoms with Crippen molar-refractivity contribution in [1.82, 2.24) is 0 Å². The van der Waals surface area contributed by atoms with Crippen molar-refractivity contribution in [1.29, 1.82) is 0 Å². The number of ketones is 2. The minimum absolute atomic E-state index is 0.000123.